The molecule has 0 bridgehead atoms. The number of carboxylic acids is 1. The molecule has 154 valence electrons. The van der Waals surface area contributed by atoms with Crippen molar-refractivity contribution in [3.63, 3.8) is 0 Å². The lowest BCUT2D eigenvalue weighted by Crippen LogP contribution is -2.09. The average Bonchev–Trinajstić information content (AvgIpc) is 2.74. The first-order valence-electron chi connectivity index (χ1n) is 8.91. The Labute approximate surface area is 169 Å². The summed E-state index contributed by atoms with van der Waals surface area (Å²) >= 11 is 0. The second-order valence-electron chi connectivity index (χ2n) is 6.06. The Morgan fingerprint density at radius 3 is 2.17 bits per heavy atom. The van der Waals surface area contributed by atoms with E-state index < -0.39 is 11.9 Å². The molecule has 0 aliphatic heterocycles. The molecule has 0 amide bonds. The van der Waals surface area contributed by atoms with E-state index in [0.29, 0.717) is 17.1 Å². The fourth-order valence-corrected chi connectivity index (χ4v) is 2.58. The van der Waals surface area contributed by atoms with E-state index in [0.717, 1.165) is 16.9 Å². The molecule has 0 unspecified atom stereocenters. The first-order valence-corrected chi connectivity index (χ1v) is 8.91. The smallest absolute Gasteiger partial charge is 0.306 e. The zero-order valence-corrected chi connectivity index (χ0v) is 16.6. The number of hydrogen-bond donors (Lipinski definition) is 1. The number of esters is 1. The van der Waals surface area contributed by atoms with Gasteiger partial charge in [0.25, 0.3) is 0 Å². The maximum absolute atomic E-state index is 11.8. The molecule has 2 aromatic carbocycles. The molecular weight excluding hydrogens is 376 g/mol. The predicted octanol–water partition coefficient (Wildman–Crippen LogP) is 3.79. The average molecular weight is 400 g/mol. The van der Waals surface area contributed by atoms with Gasteiger partial charge in [-0.1, -0.05) is 24.3 Å². The van der Waals surface area contributed by atoms with E-state index in [2.05, 4.69) is 0 Å². The van der Waals surface area contributed by atoms with E-state index >= 15 is 0 Å². The molecule has 29 heavy (non-hydrogen) atoms. The highest BCUT2D eigenvalue weighted by molar-refractivity contribution is 5.77. The van der Waals surface area contributed by atoms with Gasteiger partial charge in [-0.25, -0.2) is 0 Å². The monoisotopic (exact) mass is 400 g/mol. The third-order valence-corrected chi connectivity index (χ3v) is 4.16. The third-order valence-electron chi connectivity index (χ3n) is 4.16. The van der Waals surface area contributed by atoms with Gasteiger partial charge in [0.1, 0.15) is 23.9 Å². The number of benzene rings is 2. The van der Waals surface area contributed by atoms with Gasteiger partial charge in [-0.05, 0) is 29.3 Å². The SMILES string of the molecule is COc1ccc(/C=C/c2cc(OC)cc(OC)c2COC(=O)CCC(=O)O)cc1. The summed E-state index contributed by atoms with van der Waals surface area (Å²) in [5, 5.41) is 8.68. The molecule has 0 spiro atoms. The van der Waals surface area contributed by atoms with Crippen LogP contribution in [-0.4, -0.2) is 38.4 Å². The van der Waals surface area contributed by atoms with Crippen LogP contribution < -0.4 is 14.2 Å². The number of hydrogen-bond acceptors (Lipinski definition) is 6. The van der Waals surface area contributed by atoms with Gasteiger partial charge in [-0.3, -0.25) is 9.59 Å². The van der Waals surface area contributed by atoms with Crippen LogP contribution in [0.15, 0.2) is 36.4 Å². The highest BCUT2D eigenvalue weighted by Gasteiger charge is 2.14. The third kappa shape index (κ3) is 6.57. The maximum atomic E-state index is 11.8. The van der Waals surface area contributed by atoms with Crippen molar-refractivity contribution in [2.24, 2.45) is 0 Å². The molecule has 0 aromatic heterocycles. The highest BCUT2D eigenvalue weighted by Crippen LogP contribution is 2.31. The van der Waals surface area contributed by atoms with Crippen LogP contribution in [-0.2, 0) is 20.9 Å². The Bertz CT molecular complexity index is 869. The summed E-state index contributed by atoms with van der Waals surface area (Å²) in [6, 6.07) is 11.1. The molecule has 0 saturated carbocycles. The molecular formula is C22H24O7. The number of rotatable bonds is 10. The largest absolute Gasteiger partial charge is 0.497 e. The lowest BCUT2D eigenvalue weighted by Gasteiger charge is -2.14. The summed E-state index contributed by atoms with van der Waals surface area (Å²) in [7, 11) is 4.68. The van der Waals surface area contributed by atoms with Crippen molar-refractivity contribution in [1.29, 1.82) is 0 Å². The van der Waals surface area contributed by atoms with Crippen LogP contribution in [0.5, 0.6) is 17.2 Å². The number of methoxy groups -OCH3 is 3. The highest BCUT2D eigenvalue weighted by atomic mass is 16.5. The Kier molecular flexibility index (Phi) is 8.09. The first-order chi connectivity index (χ1) is 14.0. The molecule has 1 N–H and O–H groups in total. The summed E-state index contributed by atoms with van der Waals surface area (Å²) in [6.07, 6.45) is 3.31. The lowest BCUT2D eigenvalue weighted by molar-refractivity contribution is -0.148. The number of aliphatic carboxylic acids is 1. The molecule has 2 aromatic rings. The van der Waals surface area contributed by atoms with E-state index in [4.69, 9.17) is 24.1 Å². The van der Waals surface area contributed by atoms with Gasteiger partial charge in [-0.2, -0.15) is 0 Å². The predicted molar refractivity (Wildman–Crippen MR) is 108 cm³/mol. The molecule has 0 fully saturated rings. The van der Waals surface area contributed by atoms with Crippen molar-refractivity contribution in [3.8, 4) is 17.2 Å². The lowest BCUT2D eigenvalue weighted by atomic mass is 10.0. The van der Waals surface area contributed by atoms with Gasteiger partial charge in [0.05, 0.1) is 34.2 Å². The quantitative estimate of drug-likeness (QED) is 0.479. The summed E-state index contributed by atoms with van der Waals surface area (Å²) in [4.78, 5) is 22.4. The van der Waals surface area contributed by atoms with Crippen LogP contribution in [0.1, 0.15) is 29.5 Å². The summed E-state index contributed by atoms with van der Waals surface area (Å²) < 4.78 is 21.1. The standard InChI is InChI=1S/C22H24O7/c1-26-17-8-5-15(6-9-17)4-7-16-12-18(27-2)13-20(28-3)19(16)14-29-22(25)11-10-21(23)24/h4-9,12-13H,10-11,14H2,1-3H3,(H,23,24)/b7-4+. The minimum atomic E-state index is -1.05. The Balaban J connectivity index is 2.26. The van der Waals surface area contributed by atoms with Gasteiger partial charge >= 0.3 is 11.9 Å². The van der Waals surface area contributed by atoms with Gasteiger partial charge in [0.2, 0.25) is 0 Å². The van der Waals surface area contributed by atoms with Crippen molar-refractivity contribution in [3.05, 3.63) is 53.1 Å². The molecule has 2 rings (SSSR count). The molecule has 7 heteroatoms. The van der Waals surface area contributed by atoms with Crippen LogP contribution in [0.3, 0.4) is 0 Å². The van der Waals surface area contributed by atoms with E-state index in [-0.39, 0.29) is 19.4 Å². The van der Waals surface area contributed by atoms with Crippen molar-refractivity contribution < 1.29 is 33.6 Å². The minimum Gasteiger partial charge on any atom is -0.497 e. The van der Waals surface area contributed by atoms with Crippen molar-refractivity contribution in [2.45, 2.75) is 19.4 Å². The van der Waals surface area contributed by atoms with Crippen molar-refractivity contribution in [2.75, 3.05) is 21.3 Å². The van der Waals surface area contributed by atoms with Crippen LogP contribution in [0.25, 0.3) is 12.2 Å². The van der Waals surface area contributed by atoms with Gasteiger partial charge in [0, 0.05) is 11.6 Å². The maximum Gasteiger partial charge on any atom is 0.306 e. The number of ether oxygens (including phenoxy) is 4. The molecule has 0 aliphatic carbocycles. The van der Waals surface area contributed by atoms with E-state index in [1.807, 2.05) is 42.5 Å². The zero-order chi connectivity index (χ0) is 21.2. The molecule has 0 heterocycles. The van der Waals surface area contributed by atoms with Crippen LogP contribution in [0.4, 0.5) is 0 Å². The van der Waals surface area contributed by atoms with Crippen molar-refractivity contribution in [1.82, 2.24) is 0 Å². The number of carboxylic acid groups (broad SMARTS) is 1. The number of carbonyl (C=O) groups excluding carboxylic acids is 1. The topological polar surface area (TPSA) is 91.3 Å². The first kappa shape index (κ1) is 21.8. The normalized spacial score (nSPS) is 10.6. The molecule has 0 atom stereocenters. The fraction of sp³-hybridized carbons (Fsp3) is 0.273. The van der Waals surface area contributed by atoms with Gasteiger partial charge < -0.3 is 24.1 Å². The van der Waals surface area contributed by atoms with E-state index in [9.17, 15) is 9.59 Å². The zero-order valence-electron chi connectivity index (χ0n) is 16.6. The molecule has 0 aliphatic rings. The van der Waals surface area contributed by atoms with E-state index in [1.54, 1.807) is 20.3 Å². The Morgan fingerprint density at radius 1 is 0.897 bits per heavy atom. The summed E-state index contributed by atoms with van der Waals surface area (Å²) in [6.45, 7) is -0.0477. The van der Waals surface area contributed by atoms with Crippen molar-refractivity contribution >= 4 is 24.1 Å². The minimum absolute atomic E-state index is 0.0477. The Morgan fingerprint density at radius 2 is 1.59 bits per heavy atom. The molecule has 0 radical (unpaired) electrons. The van der Waals surface area contributed by atoms with Crippen LogP contribution in [0.2, 0.25) is 0 Å². The van der Waals surface area contributed by atoms with E-state index in [1.165, 1.54) is 7.11 Å². The molecule has 0 saturated heterocycles. The van der Waals surface area contributed by atoms with Crippen LogP contribution in [0, 0.1) is 0 Å². The fourth-order valence-electron chi connectivity index (χ4n) is 2.58. The number of carbonyl (C=O) groups is 2. The van der Waals surface area contributed by atoms with Crippen LogP contribution >= 0.6 is 0 Å². The summed E-state index contributed by atoms with van der Waals surface area (Å²) in [5.74, 6) is 0.226. The van der Waals surface area contributed by atoms with Gasteiger partial charge in [-0.15, -0.1) is 0 Å². The summed E-state index contributed by atoms with van der Waals surface area (Å²) in [5.41, 5.74) is 2.36. The molecule has 7 nitrogen and oxygen atoms in total. The Hall–Kier alpha value is -3.48. The van der Waals surface area contributed by atoms with Gasteiger partial charge in [0.15, 0.2) is 0 Å². The second-order valence-corrected chi connectivity index (χ2v) is 6.06. The second kappa shape index (κ2) is 10.8.